The Balaban J connectivity index is 1.43. The molecule has 1 aromatic heterocycles. The van der Waals surface area contributed by atoms with Gasteiger partial charge in [-0.3, -0.25) is 4.79 Å². The van der Waals surface area contributed by atoms with E-state index in [2.05, 4.69) is 4.98 Å². The summed E-state index contributed by atoms with van der Waals surface area (Å²) in [5.74, 6) is 1.59. The molecular formula is C24H36N4O3S. The van der Waals surface area contributed by atoms with Crippen LogP contribution in [0.25, 0.3) is 11.0 Å². The molecule has 1 saturated carbocycles. The summed E-state index contributed by atoms with van der Waals surface area (Å²) >= 11 is 0. The summed E-state index contributed by atoms with van der Waals surface area (Å²) in [5, 5.41) is 0. The van der Waals surface area contributed by atoms with Crippen LogP contribution in [-0.2, 0) is 28.3 Å². The average Bonchev–Trinajstić information content (AvgIpc) is 3.13. The largest absolute Gasteiger partial charge is 0.345 e. The molecule has 0 bridgehead atoms. The Morgan fingerprint density at radius 1 is 1.09 bits per heavy atom. The molecule has 32 heavy (non-hydrogen) atoms. The second-order valence-electron chi connectivity index (χ2n) is 9.48. The van der Waals surface area contributed by atoms with Crippen LogP contribution in [0.4, 0.5) is 0 Å². The van der Waals surface area contributed by atoms with Crippen LogP contribution < -0.4 is 0 Å². The van der Waals surface area contributed by atoms with Gasteiger partial charge in [-0.25, -0.2) is 13.4 Å². The average molecular weight is 461 g/mol. The number of sulfonamides is 1. The van der Waals surface area contributed by atoms with Gasteiger partial charge in [0, 0.05) is 46.6 Å². The maximum atomic E-state index is 13.0. The molecule has 2 fully saturated rings. The lowest BCUT2D eigenvalue weighted by molar-refractivity contribution is -0.130. The minimum absolute atomic E-state index is 0.149. The van der Waals surface area contributed by atoms with Crippen molar-refractivity contribution < 1.29 is 13.2 Å². The van der Waals surface area contributed by atoms with Crippen molar-refractivity contribution in [2.24, 2.45) is 13.0 Å². The van der Waals surface area contributed by atoms with Gasteiger partial charge in [0.05, 0.1) is 15.9 Å². The Labute approximate surface area is 191 Å². The van der Waals surface area contributed by atoms with Gasteiger partial charge in [0.25, 0.3) is 0 Å². The van der Waals surface area contributed by atoms with Gasteiger partial charge in [-0.1, -0.05) is 25.7 Å². The van der Waals surface area contributed by atoms with Crippen LogP contribution in [0.3, 0.4) is 0 Å². The van der Waals surface area contributed by atoms with Crippen molar-refractivity contribution in [3.8, 4) is 0 Å². The van der Waals surface area contributed by atoms with Gasteiger partial charge in [-0.2, -0.15) is 4.31 Å². The number of piperidine rings is 1. The third-order valence-electron chi connectivity index (χ3n) is 7.14. The van der Waals surface area contributed by atoms with Gasteiger partial charge in [-0.05, 0) is 49.8 Å². The molecule has 1 aromatic carbocycles. The normalized spacial score (nSPS) is 18.8. The van der Waals surface area contributed by atoms with Crippen molar-refractivity contribution in [3.63, 3.8) is 0 Å². The van der Waals surface area contributed by atoms with Crippen LogP contribution >= 0.6 is 0 Å². The number of fused-ring (bicyclic) bond motifs is 1. The topological polar surface area (TPSA) is 75.5 Å². The van der Waals surface area contributed by atoms with Gasteiger partial charge in [0.15, 0.2) is 0 Å². The number of hydrogen-bond donors (Lipinski definition) is 0. The molecule has 0 spiro atoms. The first kappa shape index (κ1) is 23.2. The molecular weight excluding hydrogens is 424 g/mol. The summed E-state index contributed by atoms with van der Waals surface area (Å²) in [6.45, 7) is 2.02. The number of nitrogens with zero attached hydrogens (tertiary/aromatic N) is 4. The van der Waals surface area contributed by atoms with E-state index in [1.54, 1.807) is 16.4 Å². The number of benzene rings is 1. The number of imidazole rings is 1. The number of amides is 1. The standard InChI is InChI=1S/C24H36N4O3S/c1-26(18-19-9-5-3-6-10-19)24(29)14-13-23-25-21-17-20(11-12-22(21)27(23)2)32(30,31)28-15-7-4-8-16-28/h11-12,17,19H,3-10,13-16,18H2,1-2H3. The molecule has 176 valence electrons. The number of rotatable bonds is 7. The monoisotopic (exact) mass is 460 g/mol. The first-order valence-electron chi connectivity index (χ1n) is 12.1. The molecule has 2 heterocycles. The number of aromatic nitrogens is 2. The van der Waals surface area contributed by atoms with Crippen molar-refractivity contribution >= 4 is 27.0 Å². The molecule has 1 amide bonds. The number of carbonyl (C=O) groups excluding carboxylic acids is 1. The summed E-state index contributed by atoms with van der Waals surface area (Å²) in [6.07, 6.45) is 10.2. The molecule has 7 nitrogen and oxygen atoms in total. The minimum atomic E-state index is -3.48. The second kappa shape index (κ2) is 9.91. The quantitative estimate of drug-likeness (QED) is 0.631. The predicted octanol–water partition coefficient (Wildman–Crippen LogP) is 3.72. The minimum Gasteiger partial charge on any atom is -0.345 e. The van der Waals surface area contributed by atoms with E-state index in [-0.39, 0.29) is 5.91 Å². The van der Waals surface area contributed by atoms with E-state index in [4.69, 9.17) is 0 Å². The molecule has 1 aliphatic heterocycles. The van der Waals surface area contributed by atoms with Crippen LogP contribution in [-0.4, -0.2) is 59.8 Å². The summed E-state index contributed by atoms with van der Waals surface area (Å²) < 4.78 is 29.6. The first-order valence-corrected chi connectivity index (χ1v) is 13.5. The number of carbonyl (C=O) groups is 1. The van der Waals surface area contributed by atoms with Gasteiger partial charge in [0.2, 0.25) is 15.9 Å². The smallest absolute Gasteiger partial charge is 0.243 e. The van der Waals surface area contributed by atoms with Crippen LogP contribution in [0.5, 0.6) is 0 Å². The summed E-state index contributed by atoms with van der Waals surface area (Å²) in [7, 11) is 0.352. The molecule has 2 aliphatic rings. The molecule has 0 unspecified atom stereocenters. The number of aryl methyl sites for hydroxylation is 2. The molecule has 1 aliphatic carbocycles. The van der Waals surface area contributed by atoms with E-state index in [1.807, 2.05) is 29.6 Å². The molecule has 0 N–H and O–H groups in total. The van der Waals surface area contributed by atoms with Crippen molar-refractivity contribution in [2.45, 2.75) is 69.1 Å². The maximum Gasteiger partial charge on any atom is 0.243 e. The maximum absolute atomic E-state index is 13.0. The van der Waals surface area contributed by atoms with Crippen LogP contribution in [0.2, 0.25) is 0 Å². The van der Waals surface area contributed by atoms with Crippen LogP contribution in [0, 0.1) is 5.92 Å². The van der Waals surface area contributed by atoms with E-state index in [1.165, 1.54) is 32.1 Å². The second-order valence-corrected chi connectivity index (χ2v) is 11.4. The van der Waals surface area contributed by atoms with Crippen molar-refractivity contribution in [1.82, 2.24) is 18.8 Å². The Bertz CT molecular complexity index is 1050. The highest BCUT2D eigenvalue weighted by Gasteiger charge is 2.26. The fourth-order valence-electron chi connectivity index (χ4n) is 5.14. The van der Waals surface area contributed by atoms with E-state index in [9.17, 15) is 13.2 Å². The lowest BCUT2D eigenvalue weighted by Crippen LogP contribution is -2.35. The zero-order valence-corrected chi connectivity index (χ0v) is 20.2. The molecule has 1 saturated heterocycles. The molecule has 2 aromatic rings. The lowest BCUT2D eigenvalue weighted by Gasteiger charge is -2.27. The molecule has 0 atom stereocenters. The first-order chi connectivity index (χ1) is 15.4. The summed E-state index contributed by atoms with van der Waals surface area (Å²) in [6, 6.07) is 5.19. The van der Waals surface area contributed by atoms with E-state index >= 15 is 0 Å². The predicted molar refractivity (Wildman–Crippen MR) is 126 cm³/mol. The molecule has 8 heteroatoms. The third kappa shape index (κ3) is 5.01. The van der Waals surface area contributed by atoms with E-state index < -0.39 is 10.0 Å². The fourth-order valence-corrected chi connectivity index (χ4v) is 6.67. The van der Waals surface area contributed by atoms with Crippen LogP contribution in [0.15, 0.2) is 23.1 Å². The van der Waals surface area contributed by atoms with Gasteiger partial charge in [0.1, 0.15) is 5.82 Å². The Morgan fingerprint density at radius 3 is 2.50 bits per heavy atom. The zero-order valence-electron chi connectivity index (χ0n) is 19.4. The summed E-state index contributed by atoms with van der Waals surface area (Å²) in [4.78, 5) is 19.6. The highest BCUT2D eigenvalue weighted by Crippen LogP contribution is 2.26. The van der Waals surface area contributed by atoms with Crippen LogP contribution in [0.1, 0.15) is 63.6 Å². The highest BCUT2D eigenvalue weighted by molar-refractivity contribution is 7.89. The van der Waals surface area contributed by atoms with Gasteiger partial charge in [-0.15, -0.1) is 0 Å². The molecule has 4 rings (SSSR count). The lowest BCUT2D eigenvalue weighted by atomic mass is 9.89. The van der Waals surface area contributed by atoms with Gasteiger partial charge >= 0.3 is 0 Å². The number of hydrogen-bond acceptors (Lipinski definition) is 4. The van der Waals surface area contributed by atoms with Crippen molar-refractivity contribution in [3.05, 3.63) is 24.0 Å². The summed E-state index contributed by atoms with van der Waals surface area (Å²) in [5.41, 5.74) is 1.56. The zero-order chi connectivity index (χ0) is 22.7. The third-order valence-corrected chi connectivity index (χ3v) is 9.04. The van der Waals surface area contributed by atoms with Crippen molar-refractivity contribution in [2.75, 3.05) is 26.7 Å². The SMILES string of the molecule is CN(CC1CCCCC1)C(=O)CCc1nc2cc(S(=O)(=O)N3CCCCC3)ccc2n1C. The fraction of sp³-hybridized carbons (Fsp3) is 0.667. The van der Waals surface area contributed by atoms with Crippen molar-refractivity contribution in [1.29, 1.82) is 0 Å². The van der Waals surface area contributed by atoms with Gasteiger partial charge < -0.3 is 9.47 Å². The van der Waals surface area contributed by atoms with E-state index in [0.717, 1.165) is 37.1 Å². The Kier molecular flexibility index (Phi) is 7.20. The van der Waals surface area contributed by atoms with E-state index in [0.29, 0.717) is 42.3 Å². The highest BCUT2D eigenvalue weighted by atomic mass is 32.2. The molecule has 0 radical (unpaired) electrons. The Morgan fingerprint density at radius 2 is 1.78 bits per heavy atom. The Hall–Kier alpha value is -1.93.